The second-order valence-electron chi connectivity index (χ2n) is 10.3. The van der Waals surface area contributed by atoms with Crippen molar-refractivity contribution in [1.29, 1.82) is 0 Å². The summed E-state index contributed by atoms with van der Waals surface area (Å²) < 4.78 is 150. The minimum absolute atomic E-state index is 0.154. The molecule has 0 aromatic heterocycles. The highest BCUT2D eigenvalue weighted by Gasteiger charge is 2.40. The molecule has 0 unspecified atom stereocenters. The first-order valence-corrected chi connectivity index (χ1v) is 13.7. The van der Waals surface area contributed by atoms with Gasteiger partial charge in [-0.3, -0.25) is 0 Å². The fourth-order valence-corrected chi connectivity index (χ4v) is 5.02. The summed E-state index contributed by atoms with van der Waals surface area (Å²) in [5.41, 5.74) is -2.13. The molecule has 5 aromatic rings. The van der Waals surface area contributed by atoms with Crippen LogP contribution in [0.3, 0.4) is 0 Å². The first kappa shape index (κ1) is 31.9. The van der Waals surface area contributed by atoms with Gasteiger partial charge in [0.2, 0.25) is 0 Å². The van der Waals surface area contributed by atoms with Crippen LogP contribution in [-0.2, 0) is 12.5 Å². The van der Waals surface area contributed by atoms with Crippen LogP contribution in [0.25, 0.3) is 33.0 Å². The zero-order valence-electron chi connectivity index (χ0n) is 23.4. The minimum Gasteiger partial charge on any atom is -0.429 e. The number of rotatable bonds is 9. The number of benzene rings is 5. The van der Waals surface area contributed by atoms with E-state index < -0.39 is 85.9 Å². The maximum atomic E-state index is 15.1. The lowest BCUT2D eigenvalue weighted by Crippen LogP contribution is -2.24. The maximum absolute atomic E-state index is 15.1. The molecule has 11 heteroatoms. The molecule has 0 fully saturated rings. The van der Waals surface area contributed by atoms with E-state index in [0.29, 0.717) is 29.8 Å². The molecule has 0 aliphatic heterocycles. The molecule has 0 saturated heterocycles. The first-order chi connectivity index (χ1) is 21.3. The number of unbranched alkanes of at least 4 members (excludes halogenated alkanes) is 2. The second kappa shape index (κ2) is 12.5. The van der Waals surface area contributed by atoms with Crippen molar-refractivity contribution in [2.24, 2.45) is 0 Å². The molecule has 5 rings (SSSR count). The quantitative estimate of drug-likeness (QED) is 0.0889. The molecule has 0 aliphatic carbocycles. The largest absolute Gasteiger partial charge is 0.429 e. The van der Waals surface area contributed by atoms with Crippen LogP contribution in [0.15, 0.2) is 66.7 Å². The molecule has 1 nitrogen and oxygen atoms in total. The summed E-state index contributed by atoms with van der Waals surface area (Å²) in [5.74, 6) is -15.3. The fraction of sp³-hybridized carbons (Fsp3) is 0.176. The van der Waals surface area contributed by atoms with Crippen molar-refractivity contribution >= 4 is 10.8 Å². The highest BCUT2D eigenvalue weighted by atomic mass is 19.3. The Morgan fingerprint density at radius 3 is 1.84 bits per heavy atom. The number of hydrogen-bond acceptors (Lipinski definition) is 1. The van der Waals surface area contributed by atoms with Gasteiger partial charge in [0.1, 0.15) is 17.1 Å². The monoisotopic (exact) mass is 636 g/mol. The average Bonchev–Trinajstić information content (AvgIpc) is 2.99. The number of aryl methyl sites for hydroxylation is 1. The van der Waals surface area contributed by atoms with E-state index in [9.17, 15) is 30.7 Å². The number of halogens is 10. The summed E-state index contributed by atoms with van der Waals surface area (Å²) >= 11 is 0. The summed E-state index contributed by atoms with van der Waals surface area (Å²) in [4.78, 5) is 0. The Balaban J connectivity index is 1.44. The third kappa shape index (κ3) is 6.08. The normalized spacial score (nSPS) is 11.8. The van der Waals surface area contributed by atoms with Crippen LogP contribution in [0.1, 0.15) is 37.3 Å². The zero-order chi connectivity index (χ0) is 32.6. The Kier molecular flexibility index (Phi) is 8.82. The van der Waals surface area contributed by atoms with E-state index in [1.165, 1.54) is 0 Å². The van der Waals surface area contributed by atoms with Crippen LogP contribution < -0.4 is 4.74 Å². The van der Waals surface area contributed by atoms with E-state index in [0.717, 1.165) is 43.4 Å². The zero-order valence-corrected chi connectivity index (χ0v) is 23.4. The van der Waals surface area contributed by atoms with Crippen LogP contribution in [0, 0.1) is 46.5 Å². The predicted molar refractivity (Wildman–Crippen MR) is 149 cm³/mol. The van der Waals surface area contributed by atoms with Gasteiger partial charge in [0, 0.05) is 22.8 Å². The van der Waals surface area contributed by atoms with E-state index in [1.807, 2.05) is 0 Å². The molecule has 0 radical (unpaired) electrons. The molecule has 0 bridgehead atoms. The van der Waals surface area contributed by atoms with Crippen molar-refractivity contribution in [1.82, 2.24) is 0 Å². The summed E-state index contributed by atoms with van der Waals surface area (Å²) in [5, 5.41) is -1.74. The Hall–Kier alpha value is -4.54. The van der Waals surface area contributed by atoms with Crippen LogP contribution in [-0.4, -0.2) is 0 Å². The summed E-state index contributed by atoms with van der Waals surface area (Å²) in [6, 6.07) is 10.9. The van der Waals surface area contributed by atoms with E-state index in [1.54, 1.807) is 24.3 Å². The number of fused-ring (bicyclic) bond motifs is 1. The smallest absolute Gasteiger partial charge is 0.429 e. The molecule has 0 atom stereocenters. The fourth-order valence-electron chi connectivity index (χ4n) is 5.02. The minimum atomic E-state index is -4.70. The second-order valence-corrected chi connectivity index (χ2v) is 10.3. The molecule has 0 amide bonds. The van der Waals surface area contributed by atoms with Gasteiger partial charge < -0.3 is 4.74 Å². The van der Waals surface area contributed by atoms with Gasteiger partial charge in [-0.2, -0.15) is 8.78 Å². The Labute approximate surface area is 250 Å². The lowest BCUT2D eigenvalue weighted by Gasteiger charge is -2.20. The molecule has 45 heavy (non-hydrogen) atoms. The van der Waals surface area contributed by atoms with Crippen molar-refractivity contribution < 1.29 is 48.6 Å². The molecule has 0 N–H and O–H groups in total. The standard InChI is InChI=1S/C34H22F10O/c1-2-3-4-5-17-6-8-18(9-7-17)21-10-11-22(29(38)28(21)37)23-12-13-24(31(40)30(23)39)34(43,44)45-20-14-19-15-26(36)32(41)33(42)27(19)25(35)16-20/h6-16H,2-5H2,1H3. The van der Waals surface area contributed by atoms with E-state index in [2.05, 4.69) is 11.7 Å². The van der Waals surface area contributed by atoms with Gasteiger partial charge in [-0.05, 0) is 47.6 Å². The molecule has 0 heterocycles. The molecule has 0 aliphatic rings. The number of ether oxygens (including phenoxy) is 1. The molecule has 234 valence electrons. The predicted octanol–water partition coefficient (Wildman–Crippen LogP) is 11.1. The van der Waals surface area contributed by atoms with E-state index in [-0.39, 0.29) is 11.6 Å². The SMILES string of the molecule is CCCCCc1ccc(-c2ccc(-c3ccc(C(F)(F)Oc4cc(F)c5c(F)c(F)c(F)cc5c4)c(F)c3F)c(F)c2F)cc1. The summed E-state index contributed by atoms with van der Waals surface area (Å²) in [7, 11) is 0. The third-order valence-electron chi connectivity index (χ3n) is 7.35. The Morgan fingerprint density at radius 2 is 1.18 bits per heavy atom. The molecular weight excluding hydrogens is 614 g/mol. The van der Waals surface area contributed by atoms with Gasteiger partial charge in [-0.1, -0.05) is 62.2 Å². The summed E-state index contributed by atoms with van der Waals surface area (Å²) in [6.07, 6.45) is -0.822. The Bertz CT molecular complexity index is 1900. The van der Waals surface area contributed by atoms with E-state index >= 15 is 13.2 Å². The maximum Gasteiger partial charge on any atom is 0.429 e. The highest BCUT2D eigenvalue weighted by Crippen LogP contribution is 2.40. The summed E-state index contributed by atoms with van der Waals surface area (Å²) in [6.45, 7) is 2.07. The van der Waals surface area contributed by atoms with Gasteiger partial charge in [-0.25, -0.2) is 35.1 Å². The van der Waals surface area contributed by atoms with Gasteiger partial charge in [0.05, 0.1) is 5.39 Å². The topological polar surface area (TPSA) is 9.23 Å². The van der Waals surface area contributed by atoms with E-state index in [4.69, 9.17) is 0 Å². The first-order valence-electron chi connectivity index (χ1n) is 13.7. The molecule has 5 aromatic carbocycles. The number of hydrogen-bond donors (Lipinski definition) is 0. The Morgan fingerprint density at radius 1 is 0.578 bits per heavy atom. The van der Waals surface area contributed by atoms with Crippen molar-refractivity contribution in [3.05, 3.63) is 124 Å². The van der Waals surface area contributed by atoms with Crippen molar-refractivity contribution in [3.63, 3.8) is 0 Å². The lowest BCUT2D eigenvalue weighted by atomic mass is 9.96. The molecule has 0 spiro atoms. The lowest BCUT2D eigenvalue weighted by molar-refractivity contribution is -0.187. The average molecular weight is 637 g/mol. The van der Waals surface area contributed by atoms with Crippen LogP contribution in [0.2, 0.25) is 0 Å². The molecule has 0 saturated carbocycles. The number of alkyl halides is 2. The van der Waals surface area contributed by atoms with Gasteiger partial charge in [0.15, 0.2) is 40.7 Å². The van der Waals surface area contributed by atoms with Gasteiger partial charge >= 0.3 is 6.11 Å². The van der Waals surface area contributed by atoms with Crippen molar-refractivity contribution in [2.45, 2.75) is 38.7 Å². The van der Waals surface area contributed by atoms with Crippen LogP contribution >= 0.6 is 0 Å². The van der Waals surface area contributed by atoms with Crippen LogP contribution in [0.5, 0.6) is 5.75 Å². The van der Waals surface area contributed by atoms with Crippen molar-refractivity contribution in [3.8, 4) is 28.0 Å². The van der Waals surface area contributed by atoms with Gasteiger partial charge in [0.25, 0.3) is 0 Å². The third-order valence-corrected chi connectivity index (χ3v) is 7.35. The van der Waals surface area contributed by atoms with Crippen molar-refractivity contribution in [2.75, 3.05) is 0 Å². The van der Waals surface area contributed by atoms with Crippen LogP contribution in [0.4, 0.5) is 43.9 Å². The van der Waals surface area contributed by atoms with Gasteiger partial charge in [-0.15, -0.1) is 0 Å². The molecular formula is C34H22F10O. The highest BCUT2D eigenvalue weighted by molar-refractivity contribution is 5.85.